The van der Waals surface area contributed by atoms with Gasteiger partial charge in [0.1, 0.15) is 10.7 Å². The van der Waals surface area contributed by atoms with Crippen LogP contribution in [0, 0.1) is 0 Å². The van der Waals surface area contributed by atoms with Gasteiger partial charge in [0.2, 0.25) is 5.91 Å². The van der Waals surface area contributed by atoms with Gasteiger partial charge in [0.05, 0.1) is 11.8 Å². The zero-order valence-electron chi connectivity index (χ0n) is 11.4. The van der Waals surface area contributed by atoms with Crippen molar-refractivity contribution in [3.8, 4) is 0 Å². The number of fused-ring (bicyclic) bond motifs is 1. The molecule has 6 heteroatoms. The van der Waals surface area contributed by atoms with Gasteiger partial charge in [-0.25, -0.2) is 4.98 Å². The molecule has 0 atom stereocenters. The van der Waals surface area contributed by atoms with E-state index in [1.165, 1.54) is 11.3 Å². The highest BCUT2D eigenvalue weighted by Gasteiger charge is 2.19. The molecule has 1 N–H and O–H groups in total. The number of hydrogen-bond acceptors (Lipinski definition) is 4. The van der Waals surface area contributed by atoms with Crippen LogP contribution in [0.3, 0.4) is 0 Å². The Bertz CT molecular complexity index is 698. The molecule has 2 aromatic heterocycles. The summed E-state index contributed by atoms with van der Waals surface area (Å²) in [7, 11) is 0. The number of aromatic nitrogens is 2. The topological polar surface area (TPSA) is 66.1 Å². The Labute approximate surface area is 120 Å². The Morgan fingerprint density at radius 1 is 1.45 bits per heavy atom. The molecule has 0 aromatic carbocycles. The lowest BCUT2D eigenvalue weighted by Crippen LogP contribution is -2.30. The molecule has 0 saturated carbocycles. The molecule has 3 heterocycles. The van der Waals surface area contributed by atoms with E-state index in [1.807, 2.05) is 11.0 Å². The van der Waals surface area contributed by atoms with Gasteiger partial charge >= 0.3 is 0 Å². The summed E-state index contributed by atoms with van der Waals surface area (Å²) >= 11 is 1.53. The smallest absolute Gasteiger partial charge is 0.259 e. The summed E-state index contributed by atoms with van der Waals surface area (Å²) in [6.45, 7) is 3.70. The summed E-state index contributed by atoms with van der Waals surface area (Å²) in [5.74, 6) is 0.529. The van der Waals surface area contributed by atoms with Gasteiger partial charge in [-0.3, -0.25) is 9.59 Å². The number of rotatable bonds is 3. The van der Waals surface area contributed by atoms with Crippen LogP contribution in [0.1, 0.15) is 30.5 Å². The number of aromatic amines is 1. The van der Waals surface area contributed by atoms with Crippen molar-refractivity contribution in [2.75, 3.05) is 13.1 Å². The predicted octanol–water partition coefficient (Wildman–Crippen LogP) is 1.71. The van der Waals surface area contributed by atoms with E-state index < -0.39 is 0 Å². The van der Waals surface area contributed by atoms with Gasteiger partial charge in [0.25, 0.3) is 5.56 Å². The molecule has 0 radical (unpaired) electrons. The van der Waals surface area contributed by atoms with Gasteiger partial charge in [-0.1, -0.05) is 6.92 Å². The van der Waals surface area contributed by atoms with E-state index in [2.05, 4.69) is 16.9 Å². The third kappa shape index (κ3) is 2.47. The van der Waals surface area contributed by atoms with Crippen molar-refractivity contribution in [2.45, 2.75) is 32.6 Å². The molecule has 20 heavy (non-hydrogen) atoms. The second-order valence-electron chi connectivity index (χ2n) is 5.06. The highest BCUT2D eigenvalue weighted by Crippen LogP contribution is 2.21. The molecule has 3 rings (SSSR count). The number of carbonyl (C=O) groups is 1. The maximum Gasteiger partial charge on any atom is 0.259 e. The van der Waals surface area contributed by atoms with E-state index >= 15 is 0 Å². The fraction of sp³-hybridized carbons (Fsp3) is 0.500. The Kier molecular flexibility index (Phi) is 3.56. The number of nitrogens with zero attached hydrogens (tertiary/aromatic N) is 2. The summed E-state index contributed by atoms with van der Waals surface area (Å²) < 4.78 is 0. The van der Waals surface area contributed by atoms with Crippen molar-refractivity contribution in [1.82, 2.24) is 14.9 Å². The standard InChI is InChI=1S/C14H17N3O2S/c1-2-9-7-10-13(19)15-11(16-14(10)20-9)8-12(18)17-5-3-4-6-17/h7H,2-6,8H2,1H3,(H,15,16,19). The van der Waals surface area contributed by atoms with Crippen molar-refractivity contribution in [3.05, 3.63) is 27.1 Å². The summed E-state index contributed by atoms with van der Waals surface area (Å²) in [4.78, 5) is 35.0. The van der Waals surface area contributed by atoms with Crippen LogP contribution >= 0.6 is 11.3 Å². The van der Waals surface area contributed by atoms with Crippen molar-refractivity contribution in [1.29, 1.82) is 0 Å². The number of thiophene rings is 1. The number of nitrogens with one attached hydrogen (secondary N) is 1. The third-order valence-corrected chi connectivity index (χ3v) is 4.80. The van der Waals surface area contributed by atoms with Gasteiger partial charge in [-0.2, -0.15) is 0 Å². The summed E-state index contributed by atoms with van der Waals surface area (Å²) in [6.07, 6.45) is 3.21. The average Bonchev–Trinajstić information content (AvgIpc) is 3.07. The van der Waals surface area contributed by atoms with E-state index in [1.54, 1.807) is 0 Å². The van der Waals surface area contributed by atoms with Crippen LogP contribution < -0.4 is 5.56 Å². The Balaban J connectivity index is 1.88. The maximum atomic E-state index is 12.1. The Hall–Kier alpha value is -1.69. The second-order valence-corrected chi connectivity index (χ2v) is 6.18. The van der Waals surface area contributed by atoms with E-state index in [-0.39, 0.29) is 17.9 Å². The molecule has 2 aromatic rings. The Morgan fingerprint density at radius 2 is 2.20 bits per heavy atom. The normalized spacial score (nSPS) is 15.2. The number of carbonyl (C=O) groups excluding carboxylic acids is 1. The van der Waals surface area contributed by atoms with Gasteiger partial charge in [0.15, 0.2) is 0 Å². The molecule has 106 valence electrons. The van der Waals surface area contributed by atoms with Gasteiger partial charge in [-0.15, -0.1) is 11.3 Å². The quantitative estimate of drug-likeness (QED) is 0.936. The molecule has 1 aliphatic rings. The fourth-order valence-electron chi connectivity index (χ4n) is 2.51. The third-order valence-electron chi connectivity index (χ3n) is 3.63. The minimum absolute atomic E-state index is 0.0530. The monoisotopic (exact) mass is 291 g/mol. The number of aryl methyl sites for hydroxylation is 1. The highest BCUT2D eigenvalue weighted by atomic mass is 32.1. The summed E-state index contributed by atoms with van der Waals surface area (Å²) in [6, 6.07) is 1.89. The second kappa shape index (κ2) is 5.36. The number of likely N-dealkylation sites (tertiary alicyclic amines) is 1. The minimum atomic E-state index is -0.143. The molecule has 5 nitrogen and oxygen atoms in total. The summed E-state index contributed by atoms with van der Waals surface area (Å²) in [5, 5.41) is 0.629. The predicted molar refractivity (Wildman–Crippen MR) is 79.1 cm³/mol. The molecular weight excluding hydrogens is 274 g/mol. The van der Waals surface area contributed by atoms with Crippen LogP contribution in [-0.2, 0) is 17.6 Å². The average molecular weight is 291 g/mol. The lowest BCUT2D eigenvalue weighted by molar-refractivity contribution is -0.129. The summed E-state index contributed by atoms with van der Waals surface area (Å²) in [5.41, 5.74) is -0.143. The molecule has 1 saturated heterocycles. The van der Waals surface area contributed by atoms with E-state index in [4.69, 9.17) is 0 Å². The van der Waals surface area contributed by atoms with Crippen LogP contribution in [0.2, 0.25) is 0 Å². The van der Waals surface area contributed by atoms with Crippen molar-refractivity contribution >= 4 is 27.5 Å². The van der Waals surface area contributed by atoms with Crippen LogP contribution in [0.25, 0.3) is 10.2 Å². The Morgan fingerprint density at radius 3 is 2.90 bits per heavy atom. The van der Waals surface area contributed by atoms with Gasteiger partial charge in [-0.05, 0) is 25.3 Å². The first-order valence-corrected chi connectivity index (χ1v) is 7.78. The SMILES string of the molecule is CCc1cc2c(=O)[nH]c(CC(=O)N3CCCC3)nc2s1. The first-order valence-electron chi connectivity index (χ1n) is 6.96. The molecule has 0 unspecified atom stereocenters. The first-order chi connectivity index (χ1) is 9.67. The molecule has 0 bridgehead atoms. The zero-order valence-corrected chi connectivity index (χ0v) is 12.3. The van der Waals surface area contributed by atoms with Crippen molar-refractivity contribution in [2.24, 2.45) is 0 Å². The van der Waals surface area contributed by atoms with Gasteiger partial charge < -0.3 is 9.88 Å². The largest absolute Gasteiger partial charge is 0.342 e. The number of amides is 1. The fourth-order valence-corrected chi connectivity index (χ4v) is 3.49. The molecular formula is C14H17N3O2S. The molecule has 1 amide bonds. The van der Waals surface area contributed by atoms with Crippen molar-refractivity contribution in [3.63, 3.8) is 0 Å². The molecule has 0 aliphatic carbocycles. The molecule has 1 aliphatic heterocycles. The van der Waals surface area contributed by atoms with Crippen LogP contribution in [0.5, 0.6) is 0 Å². The number of hydrogen-bond donors (Lipinski definition) is 1. The van der Waals surface area contributed by atoms with Crippen LogP contribution in [0.15, 0.2) is 10.9 Å². The van der Waals surface area contributed by atoms with Crippen molar-refractivity contribution < 1.29 is 4.79 Å². The highest BCUT2D eigenvalue weighted by molar-refractivity contribution is 7.18. The van der Waals surface area contributed by atoms with Crippen LogP contribution in [0.4, 0.5) is 0 Å². The van der Waals surface area contributed by atoms with E-state index in [9.17, 15) is 9.59 Å². The van der Waals surface area contributed by atoms with E-state index in [0.717, 1.165) is 42.1 Å². The van der Waals surface area contributed by atoms with Gasteiger partial charge in [0, 0.05) is 18.0 Å². The minimum Gasteiger partial charge on any atom is -0.342 e. The van der Waals surface area contributed by atoms with E-state index in [0.29, 0.717) is 11.2 Å². The maximum absolute atomic E-state index is 12.1. The number of H-pyrrole nitrogens is 1. The molecule has 1 fully saturated rings. The van der Waals surface area contributed by atoms with Crippen LogP contribution in [-0.4, -0.2) is 33.9 Å². The lowest BCUT2D eigenvalue weighted by atomic mass is 10.3. The molecule has 0 spiro atoms. The first kappa shape index (κ1) is 13.3. The zero-order chi connectivity index (χ0) is 14.1. The lowest BCUT2D eigenvalue weighted by Gasteiger charge is -2.14.